The fourth-order valence-corrected chi connectivity index (χ4v) is 3.32. The summed E-state index contributed by atoms with van der Waals surface area (Å²) < 4.78 is 10.8. The lowest BCUT2D eigenvalue weighted by Gasteiger charge is -2.19. The zero-order valence-corrected chi connectivity index (χ0v) is 19.5. The molecule has 2 rings (SSSR count). The minimum absolute atomic E-state index is 0.108. The number of aryl methyl sites for hydroxylation is 2. The monoisotopic (exact) mass is 448 g/mol. The molecule has 0 radical (unpaired) electrons. The van der Waals surface area contributed by atoms with E-state index in [0.717, 1.165) is 36.9 Å². The maximum absolute atomic E-state index is 12.2. The molecular formula is C22H32N4O4S. The van der Waals surface area contributed by atoms with Gasteiger partial charge in [-0.2, -0.15) is 0 Å². The molecule has 1 heterocycles. The standard InChI is InChI=1S/C22H32N4O4S/c1-5-16-11-8-9-12-17(16)24-18(27)15-31-21-26-25-19(29-21)13-7-6-10-14-23-20(28)30-22(2,3)4/h8-9,11-12H,5-7,10,13-15H2,1-4H3,(H,23,28)(H,24,27). The molecule has 2 N–H and O–H groups in total. The van der Waals surface area contributed by atoms with E-state index in [1.54, 1.807) is 0 Å². The molecule has 0 spiro atoms. The lowest BCUT2D eigenvalue weighted by molar-refractivity contribution is -0.113. The molecule has 2 aromatic rings. The maximum Gasteiger partial charge on any atom is 0.407 e. The normalized spacial score (nSPS) is 11.2. The van der Waals surface area contributed by atoms with Gasteiger partial charge in [0.15, 0.2) is 0 Å². The number of hydrogen-bond acceptors (Lipinski definition) is 7. The van der Waals surface area contributed by atoms with Gasteiger partial charge < -0.3 is 19.8 Å². The van der Waals surface area contributed by atoms with Crippen LogP contribution in [0.15, 0.2) is 33.9 Å². The van der Waals surface area contributed by atoms with E-state index in [-0.39, 0.29) is 11.7 Å². The molecule has 170 valence electrons. The van der Waals surface area contributed by atoms with Gasteiger partial charge in [-0.1, -0.05) is 43.3 Å². The summed E-state index contributed by atoms with van der Waals surface area (Å²) in [6, 6.07) is 7.76. The first-order valence-corrected chi connectivity index (χ1v) is 11.5. The fraction of sp³-hybridized carbons (Fsp3) is 0.545. The molecular weight excluding hydrogens is 416 g/mol. The smallest absolute Gasteiger partial charge is 0.407 e. The Kier molecular flexibility index (Phi) is 9.84. The maximum atomic E-state index is 12.2. The van der Waals surface area contributed by atoms with Gasteiger partial charge in [-0.05, 0) is 51.7 Å². The summed E-state index contributed by atoms with van der Waals surface area (Å²) in [5.74, 6) is 0.651. The van der Waals surface area contributed by atoms with E-state index >= 15 is 0 Å². The van der Waals surface area contributed by atoms with Gasteiger partial charge in [-0.25, -0.2) is 4.79 Å². The molecule has 8 nitrogen and oxygen atoms in total. The highest BCUT2D eigenvalue weighted by molar-refractivity contribution is 7.99. The van der Waals surface area contributed by atoms with Crippen LogP contribution in [0.5, 0.6) is 0 Å². The van der Waals surface area contributed by atoms with Crippen molar-refractivity contribution in [1.29, 1.82) is 0 Å². The molecule has 0 aliphatic carbocycles. The van der Waals surface area contributed by atoms with Gasteiger partial charge in [-0.3, -0.25) is 4.79 Å². The Labute approximate surface area is 187 Å². The molecule has 1 aromatic carbocycles. The highest BCUT2D eigenvalue weighted by atomic mass is 32.2. The van der Waals surface area contributed by atoms with Crippen LogP contribution < -0.4 is 10.6 Å². The number of anilines is 1. The second-order valence-corrected chi connectivity index (χ2v) is 8.98. The molecule has 0 aliphatic rings. The summed E-state index contributed by atoms with van der Waals surface area (Å²) in [6.45, 7) is 8.12. The van der Waals surface area contributed by atoms with Gasteiger partial charge in [0.2, 0.25) is 11.8 Å². The molecule has 0 bridgehead atoms. The predicted octanol–water partition coefficient (Wildman–Crippen LogP) is 4.60. The minimum atomic E-state index is -0.488. The van der Waals surface area contributed by atoms with Gasteiger partial charge in [0.1, 0.15) is 5.60 Å². The molecule has 0 atom stereocenters. The van der Waals surface area contributed by atoms with E-state index in [1.165, 1.54) is 11.8 Å². The number of alkyl carbamates (subject to hydrolysis) is 1. The molecule has 31 heavy (non-hydrogen) atoms. The lowest BCUT2D eigenvalue weighted by atomic mass is 10.1. The van der Waals surface area contributed by atoms with Crippen molar-refractivity contribution < 1.29 is 18.7 Å². The van der Waals surface area contributed by atoms with Crippen LogP contribution in [0.25, 0.3) is 0 Å². The topological polar surface area (TPSA) is 106 Å². The quantitative estimate of drug-likeness (QED) is 0.382. The molecule has 1 aromatic heterocycles. The first-order chi connectivity index (χ1) is 14.8. The number of hydrogen-bond donors (Lipinski definition) is 2. The molecule has 0 aliphatic heterocycles. The van der Waals surface area contributed by atoms with Crippen LogP contribution in [0.1, 0.15) is 58.4 Å². The van der Waals surface area contributed by atoms with Crippen molar-refractivity contribution in [3.05, 3.63) is 35.7 Å². The number of ether oxygens (including phenoxy) is 1. The van der Waals surface area contributed by atoms with Crippen molar-refractivity contribution in [2.75, 3.05) is 17.6 Å². The molecule has 2 amide bonds. The van der Waals surface area contributed by atoms with Crippen LogP contribution in [0, 0.1) is 0 Å². The number of nitrogens with zero attached hydrogens (tertiary/aromatic N) is 2. The van der Waals surface area contributed by atoms with Crippen LogP contribution in [0.2, 0.25) is 0 Å². The van der Waals surface area contributed by atoms with Gasteiger partial charge in [-0.15, -0.1) is 10.2 Å². The summed E-state index contributed by atoms with van der Waals surface area (Å²) >= 11 is 1.22. The number of nitrogens with one attached hydrogen (secondary N) is 2. The van der Waals surface area contributed by atoms with Crippen molar-refractivity contribution in [3.8, 4) is 0 Å². The van der Waals surface area contributed by atoms with Gasteiger partial charge in [0.25, 0.3) is 5.22 Å². The zero-order valence-electron chi connectivity index (χ0n) is 18.7. The van der Waals surface area contributed by atoms with Gasteiger partial charge in [0.05, 0.1) is 5.75 Å². The summed E-state index contributed by atoms with van der Waals surface area (Å²) in [5.41, 5.74) is 1.45. The fourth-order valence-electron chi connectivity index (χ4n) is 2.74. The highest BCUT2D eigenvalue weighted by Gasteiger charge is 2.15. The molecule has 0 fully saturated rings. The van der Waals surface area contributed by atoms with E-state index in [4.69, 9.17) is 9.15 Å². The molecule has 9 heteroatoms. The largest absolute Gasteiger partial charge is 0.444 e. The number of benzene rings is 1. The van der Waals surface area contributed by atoms with Crippen molar-refractivity contribution >= 4 is 29.4 Å². The number of unbranched alkanes of at least 4 members (excludes halogenated alkanes) is 2. The minimum Gasteiger partial charge on any atom is -0.444 e. The Morgan fingerprint density at radius 1 is 1.13 bits per heavy atom. The number of amides is 2. The molecule has 0 saturated heterocycles. The van der Waals surface area contributed by atoms with E-state index in [1.807, 2.05) is 45.0 Å². The number of rotatable bonds is 11. The summed E-state index contributed by atoms with van der Waals surface area (Å²) in [6.07, 6.45) is 3.75. The highest BCUT2D eigenvalue weighted by Crippen LogP contribution is 2.19. The average molecular weight is 449 g/mol. The van der Waals surface area contributed by atoms with Gasteiger partial charge in [0, 0.05) is 18.7 Å². The van der Waals surface area contributed by atoms with E-state index in [0.29, 0.717) is 24.1 Å². The Balaban J connectivity index is 1.61. The van der Waals surface area contributed by atoms with Crippen molar-refractivity contribution in [2.24, 2.45) is 0 Å². The van der Waals surface area contributed by atoms with Crippen LogP contribution >= 0.6 is 11.8 Å². The number of aromatic nitrogens is 2. The number of para-hydroxylation sites is 1. The lowest BCUT2D eigenvalue weighted by Crippen LogP contribution is -2.32. The first-order valence-electron chi connectivity index (χ1n) is 10.6. The Morgan fingerprint density at radius 3 is 2.65 bits per heavy atom. The van der Waals surface area contributed by atoms with Crippen molar-refractivity contribution in [2.45, 2.75) is 70.6 Å². The molecule has 0 saturated carbocycles. The predicted molar refractivity (Wildman–Crippen MR) is 121 cm³/mol. The van der Waals surface area contributed by atoms with Crippen LogP contribution in [0.4, 0.5) is 10.5 Å². The zero-order chi connectivity index (χ0) is 22.7. The van der Waals surface area contributed by atoms with Crippen LogP contribution in [0.3, 0.4) is 0 Å². The third-order valence-corrected chi connectivity index (χ3v) is 5.00. The number of carbonyl (C=O) groups is 2. The van der Waals surface area contributed by atoms with E-state index < -0.39 is 11.7 Å². The average Bonchev–Trinajstić information content (AvgIpc) is 3.16. The van der Waals surface area contributed by atoms with Crippen molar-refractivity contribution in [1.82, 2.24) is 15.5 Å². The van der Waals surface area contributed by atoms with Crippen LogP contribution in [-0.4, -0.2) is 40.1 Å². The summed E-state index contributed by atoms with van der Waals surface area (Å²) in [5, 5.41) is 14.1. The van der Waals surface area contributed by atoms with Gasteiger partial charge >= 0.3 is 6.09 Å². The summed E-state index contributed by atoms with van der Waals surface area (Å²) in [4.78, 5) is 23.8. The summed E-state index contributed by atoms with van der Waals surface area (Å²) in [7, 11) is 0. The van der Waals surface area contributed by atoms with E-state index in [2.05, 4.69) is 27.8 Å². The number of carbonyl (C=O) groups excluding carboxylic acids is 2. The Bertz CT molecular complexity index is 848. The van der Waals surface area contributed by atoms with E-state index in [9.17, 15) is 9.59 Å². The second kappa shape index (κ2) is 12.3. The van der Waals surface area contributed by atoms with Crippen LogP contribution in [-0.2, 0) is 22.4 Å². The third-order valence-electron chi connectivity index (χ3n) is 4.18. The number of thioether (sulfide) groups is 1. The Hall–Kier alpha value is -2.55. The van der Waals surface area contributed by atoms with Crippen molar-refractivity contribution in [3.63, 3.8) is 0 Å². The molecule has 0 unspecified atom stereocenters. The Morgan fingerprint density at radius 2 is 1.90 bits per heavy atom. The SMILES string of the molecule is CCc1ccccc1NC(=O)CSc1nnc(CCCCCNC(=O)OC(C)(C)C)o1. The third kappa shape index (κ3) is 9.87. The first kappa shape index (κ1) is 24.7. The second-order valence-electron chi connectivity index (χ2n) is 8.05.